The lowest BCUT2D eigenvalue weighted by Crippen LogP contribution is -2.26. The van der Waals surface area contributed by atoms with Crippen molar-refractivity contribution in [3.8, 4) is 0 Å². The molecule has 2 heterocycles. The minimum atomic E-state index is 0.0356. The van der Waals surface area contributed by atoms with Crippen molar-refractivity contribution in [1.82, 2.24) is 25.1 Å². The molecule has 1 unspecified atom stereocenters. The highest BCUT2D eigenvalue weighted by Crippen LogP contribution is 2.27. The van der Waals surface area contributed by atoms with Crippen molar-refractivity contribution < 1.29 is 0 Å². The lowest BCUT2D eigenvalue weighted by atomic mass is 10.2. The average molecular weight is 312 g/mol. The summed E-state index contributed by atoms with van der Waals surface area (Å²) < 4.78 is 3.04. The van der Waals surface area contributed by atoms with Crippen LogP contribution in [0.1, 0.15) is 37.8 Å². The number of aryl methyl sites for hydroxylation is 1. The van der Waals surface area contributed by atoms with Gasteiger partial charge in [0.05, 0.1) is 16.4 Å². The van der Waals surface area contributed by atoms with Crippen LogP contribution in [0.2, 0.25) is 0 Å². The van der Waals surface area contributed by atoms with Crippen LogP contribution in [0.3, 0.4) is 0 Å². The zero-order valence-corrected chi connectivity index (χ0v) is 12.2. The molecule has 1 atom stereocenters. The van der Waals surface area contributed by atoms with Crippen molar-refractivity contribution in [1.29, 1.82) is 0 Å². The summed E-state index contributed by atoms with van der Waals surface area (Å²) in [5.41, 5.74) is 1.12. The molecule has 0 aliphatic heterocycles. The molecule has 0 aromatic carbocycles. The number of hydrogen-bond acceptors (Lipinski definition) is 3. The lowest BCUT2D eigenvalue weighted by molar-refractivity contribution is 0.508. The van der Waals surface area contributed by atoms with E-state index in [-0.39, 0.29) is 6.04 Å². The Morgan fingerprint density at radius 3 is 2.94 bits per heavy atom. The molecule has 0 radical (unpaired) electrons. The first-order valence-electron chi connectivity index (χ1n) is 6.21. The normalized spacial score (nSPS) is 12.8. The molecule has 5 nitrogen and oxygen atoms in total. The number of hydrogen-bond donors (Lipinski definition) is 2. The number of aromatic amines is 1. The third-order valence-corrected chi connectivity index (χ3v) is 3.35. The number of nitrogens with zero attached hydrogens (tertiary/aromatic N) is 3. The van der Waals surface area contributed by atoms with Gasteiger partial charge in [-0.2, -0.15) is 5.10 Å². The summed E-state index contributed by atoms with van der Waals surface area (Å²) in [6.45, 7) is 6.01. The zero-order chi connectivity index (χ0) is 13.0. The third-order valence-electron chi connectivity index (χ3n) is 2.74. The van der Waals surface area contributed by atoms with Crippen molar-refractivity contribution in [2.24, 2.45) is 0 Å². The van der Waals surface area contributed by atoms with Gasteiger partial charge in [-0.1, -0.05) is 13.8 Å². The van der Waals surface area contributed by atoms with Gasteiger partial charge in [-0.15, -0.1) is 0 Å². The standard InChI is InChI=1S/C12H18BrN5/c1-3-7-18-11(9(13)8-17-18)10(14-4-2)12-15-5-6-16-12/h5-6,8,10,14H,3-4,7H2,1-2H3,(H,15,16). The summed E-state index contributed by atoms with van der Waals surface area (Å²) in [6.07, 6.45) is 6.51. The van der Waals surface area contributed by atoms with E-state index in [0.29, 0.717) is 0 Å². The SMILES string of the molecule is CCCn1ncc(Br)c1C(NCC)c1ncc[nH]1. The summed E-state index contributed by atoms with van der Waals surface area (Å²) in [7, 11) is 0. The van der Waals surface area contributed by atoms with Crippen LogP contribution >= 0.6 is 15.9 Å². The Bertz CT molecular complexity index is 477. The van der Waals surface area contributed by atoms with E-state index in [2.05, 4.69) is 50.2 Å². The molecule has 6 heteroatoms. The number of imidazole rings is 1. The maximum absolute atomic E-state index is 4.41. The van der Waals surface area contributed by atoms with Gasteiger partial charge in [0, 0.05) is 18.9 Å². The van der Waals surface area contributed by atoms with Crippen LogP contribution in [0.5, 0.6) is 0 Å². The van der Waals surface area contributed by atoms with Gasteiger partial charge in [0.1, 0.15) is 11.9 Å². The highest BCUT2D eigenvalue weighted by molar-refractivity contribution is 9.10. The summed E-state index contributed by atoms with van der Waals surface area (Å²) >= 11 is 3.58. The van der Waals surface area contributed by atoms with E-state index in [1.54, 1.807) is 6.20 Å². The Morgan fingerprint density at radius 2 is 2.33 bits per heavy atom. The number of H-pyrrole nitrogens is 1. The van der Waals surface area contributed by atoms with Gasteiger partial charge >= 0.3 is 0 Å². The molecule has 0 aliphatic rings. The summed E-state index contributed by atoms with van der Waals surface area (Å²) in [5.74, 6) is 0.912. The second kappa shape index (κ2) is 6.15. The van der Waals surface area contributed by atoms with Gasteiger partial charge in [-0.05, 0) is 28.9 Å². The summed E-state index contributed by atoms with van der Waals surface area (Å²) in [5, 5.41) is 7.85. The molecule has 2 N–H and O–H groups in total. The fourth-order valence-electron chi connectivity index (χ4n) is 2.01. The van der Waals surface area contributed by atoms with Crippen LogP contribution in [0.4, 0.5) is 0 Å². The molecule has 0 bridgehead atoms. The summed E-state index contributed by atoms with van der Waals surface area (Å²) in [4.78, 5) is 7.52. The van der Waals surface area contributed by atoms with Crippen LogP contribution in [0.25, 0.3) is 0 Å². The van der Waals surface area contributed by atoms with Gasteiger partial charge in [-0.25, -0.2) is 4.98 Å². The van der Waals surface area contributed by atoms with Crippen molar-refractivity contribution in [3.05, 3.63) is 34.6 Å². The maximum Gasteiger partial charge on any atom is 0.129 e. The molecule has 2 aromatic heterocycles. The van der Waals surface area contributed by atoms with Gasteiger partial charge in [0.2, 0.25) is 0 Å². The molecular formula is C12H18BrN5. The van der Waals surface area contributed by atoms with Crippen molar-refractivity contribution >= 4 is 15.9 Å². The molecule has 0 fully saturated rings. The monoisotopic (exact) mass is 311 g/mol. The molecule has 0 aliphatic carbocycles. The van der Waals surface area contributed by atoms with Crippen molar-refractivity contribution in [2.45, 2.75) is 32.9 Å². The predicted molar refractivity (Wildman–Crippen MR) is 74.3 cm³/mol. The fourth-order valence-corrected chi connectivity index (χ4v) is 2.54. The first kappa shape index (κ1) is 13.3. The Hall–Kier alpha value is -1.14. The molecular weight excluding hydrogens is 294 g/mol. The zero-order valence-electron chi connectivity index (χ0n) is 10.7. The fraction of sp³-hybridized carbons (Fsp3) is 0.500. The Kier molecular flexibility index (Phi) is 4.54. The van der Waals surface area contributed by atoms with Gasteiger partial charge < -0.3 is 10.3 Å². The number of rotatable bonds is 6. The minimum Gasteiger partial charge on any atom is -0.347 e. The smallest absolute Gasteiger partial charge is 0.129 e. The maximum atomic E-state index is 4.41. The molecule has 0 saturated heterocycles. The van der Waals surface area contributed by atoms with E-state index in [1.807, 2.05) is 17.1 Å². The van der Waals surface area contributed by atoms with Crippen LogP contribution in [-0.4, -0.2) is 26.3 Å². The second-order valence-electron chi connectivity index (χ2n) is 4.07. The highest BCUT2D eigenvalue weighted by atomic mass is 79.9. The first-order valence-corrected chi connectivity index (χ1v) is 7.01. The van der Waals surface area contributed by atoms with E-state index in [4.69, 9.17) is 0 Å². The molecule has 98 valence electrons. The van der Waals surface area contributed by atoms with Crippen molar-refractivity contribution in [2.75, 3.05) is 6.54 Å². The third kappa shape index (κ3) is 2.64. The van der Waals surface area contributed by atoms with E-state index in [1.165, 1.54) is 0 Å². The largest absolute Gasteiger partial charge is 0.347 e. The molecule has 0 spiro atoms. The molecule has 2 aromatic rings. The molecule has 0 amide bonds. The minimum absolute atomic E-state index is 0.0356. The van der Waals surface area contributed by atoms with Gasteiger partial charge in [0.15, 0.2) is 0 Å². The predicted octanol–water partition coefficient (Wildman–Crippen LogP) is 2.48. The summed E-state index contributed by atoms with van der Waals surface area (Å²) in [6, 6.07) is 0.0356. The van der Waals surface area contributed by atoms with E-state index in [9.17, 15) is 0 Å². The molecule has 18 heavy (non-hydrogen) atoms. The van der Waals surface area contributed by atoms with Crippen LogP contribution in [-0.2, 0) is 6.54 Å². The van der Waals surface area contributed by atoms with Crippen molar-refractivity contribution in [3.63, 3.8) is 0 Å². The molecule has 0 saturated carbocycles. The van der Waals surface area contributed by atoms with E-state index < -0.39 is 0 Å². The number of nitrogens with one attached hydrogen (secondary N) is 2. The number of aromatic nitrogens is 4. The second-order valence-corrected chi connectivity index (χ2v) is 4.92. The average Bonchev–Trinajstić information content (AvgIpc) is 2.98. The topological polar surface area (TPSA) is 58.5 Å². The molecule has 2 rings (SSSR count). The quantitative estimate of drug-likeness (QED) is 0.861. The van der Waals surface area contributed by atoms with Gasteiger partial charge in [-0.3, -0.25) is 4.68 Å². The van der Waals surface area contributed by atoms with E-state index in [0.717, 1.165) is 35.5 Å². The Morgan fingerprint density at radius 1 is 1.50 bits per heavy atom. The Balaban J connectivity index is 2.39. The highest BCUT2D eigenvalue weighted by Gasteiger charge is 2.22. The van der Waals surface area contributed by atoms with Gasteiger partial charge in [0.25, 0.3) is 0 Å². The van der Waals surface area contributed by atoms with Crippen LogP contribution in [0, 0.1) is 0 Å². The van der Waals surface area contributed by atoms with Crippen LogP contribution in [0.15, 0.2) is 23.1 Å². The Labute approximate surface area is 115 Å². The first-order chi connectivity index (χ1) is 8.77. The van der Waals surface area contributed by atoms with E-state index >= 15 is 0 Å². The lowest BCUT2D eigenvalue weighted by Gasteiger charge is -2.18. The van der Waals surface area contributed by atoms with Crippen LogP contribution < -0.4 is 5.32 Å². The number of halogens is 1.